The maximum absolute atomic E-state index is 12.7. The van der Waals surface area contributed by atoms with Crippen LogP contribution in [0.1, 0.15) is 5.56 Å². The normalized spacial score (nSPS) is 15.2. The van der Waals surface area contributed by atoms with Crippen LogP contribution in [0.25, 0.3) is 6.08 Å². The minimum atomic E-state index is -4.66. The zero-order valence-corrected chi connectivity index (χ0v) is 9.81. The van der Waals surface area contributed by atoms with Crippen molar-refractivity contribution in [3.05, 3.63) is 33.1 Å². The number of rotatable bonds is 1. The molecule has 0 fully saturated rings. The Morgan fingerprint density at radius 1 is 1.40 bits per heavy atom. The highest BCUT2D eigenvalue weighted by Gasteiger charge is 2.22. The molecule has 1 aliphatic rings. The summed E-state index contributed by atoms with van der Waals surface area (Å²) in [6, 6.07) is 5.14. The zero-order valence-electron chi connectivity index (χ0n) is 7.41. The van der Waals surface area contributed by atoms with Crippen LogP contribution >= 0.6 is 15.9 Å². The molecule has 1 heterocycles. The summed E-state index contributed by atoms with van der Waals surface area (Å²) in [5, 5.41) is 0. The molecule has 0 atom stereocenters. The fraction of sp³-hybridized carbons (Fsp3) is 0.111. The predicted molar refractivity (Wildman–Crippen MR) is 57.6 cm³/mol. The quantitative estimate of drug-likeness (QED) is 0.747. The van der Waals surface area contributed by atoms with Crippen molar-refractivity contribution in [2.24, 2.45) is 0 Å². The number of ether oxygens (including phenoxy) is 1. The Kier molecular flexibility index (Phi) is 2.56. The second-order valence-corrected chi connectivity index (χ2v) is 5.25. The molecule has 0 amide bonds. The van der Waals surface area contributed by atoms with Gasteiger partial charge in [0, 0.05) is 5.56 Å². The van der Waals surface area contributed by atoms with Gasteiger partial charge in [-0.1, -0.05) is 12.1 Å². The van der Waals surface area contributed by atoms with E-state index in [1.54, 1.807) is 18.2 Å². The zero-order chi connectivity index (χ0) is 11.1. The van der Waals surface area contributed by atoms with Gasteiger partial charge in [0.2, 0.25) is 0 Å². The van der Waals surface area contributed by atoms with Gasteiger partial charge in [-0.3, -0.25) is 0 Å². The Morgan fingerprint density at radius 2 is 2.13 bits per heavy atom. The topological polar surface area (TPSA) is 43.4 Å². The SMILES string of the molecule is O=S(=O)(F)C1=Cc2cccc(Br)c2OC1. The van der Waals surface area contributed by atoms with E-state index < -0.39 is 10.2 Å². The van der Waals surface area contributed by atoms with E-state index in [2.05, 4.69) is 15.9 Å². The third-order valence-corrected chi connectivity index (χ3v) is 3.47. The number of benzene rings is 1. The molecule has 0 radical (unpaired) electrons. The molecule has 0 aliphatic carbocycles. The first kappa shape index (κ1) is 10.6. The van der Waals surface area contributed by atoms with Crippen molar-refractivity contribution in [1.82, 2.24) is 0 Å². The van der Waals surface area contributed by atoms with Crippen LogP contribution in [-0.2, 0) is 10.2 Å². The van der Waals surface area contributed by atoms with Crippen molar-refractivity contribution in [3.8, 4) is 5.75 Å². The van der Waals surface area contributed by atoms with Crippen LogP contribution in [0, 0.1) is 0 Å². The summed E-state index contributed by atoms with van der Waals surface area (Å²) >= 11 is 3.25. The van der Waals surface area contributed by atoms with Gasteiger partial charge in [-0.25, -0.2) is 0 Å². The molecule has 0 N–H and O–H groups in total. The summed E-state index contributed by atoms with van der Waals surface area (Å²) in [6.07, 6.45) is 1.28. The number of hydrogen-bond acceptors (Lipinski definition) is 3. The molecule has 0 saturated carbocycles. The number of halogens is 2. The van der Waals surface area contributed by atoms with Crippen LogP contribution in [0.4, 0.5) is 3.89 Å². The molecule has 3 nitrogen and oxygen atoms in total. The molecule has 15 heavy (non-hydrogen) atoms. The predicted octanol–water partition coefficient (Wildman–Crippen LogP) is 2.48. The molecule has 0 unspecified atom stereocenters. The second-order valence-electron chi connectivity index (χ2n) is 3.00. The van der Waals surface area contributed by atoms with Crippen LogP contribution in [0.3, 0.4) is 0 Å². The van der Waals surface area contributed by atoms with Gasteiger partial charge in [-0.2, -0.15) is 8.42 Å². The third-order valence-electron chi connectivity index (χ3n) is 1.99. The molecule has 1 aliphatic heterocycles. The Labute approximate surface area is 94.9 Å². The summed E-state index contributed by atoms with van der Waals surface area (Å²) in [7, 11) is -4.66. The van der Waals surface area contributed by atoms with Gasteiger partial charge in [-0.15, -0.1) is 3.89 Å². The van der Waals surface area contributed by atoms with Crippen LogP contribution in [0.2, 0.25) is 0 Å². The average molecular weight is 293 g/mol. The molecule has 80 valence electrons. The van der Waals surface area contributed by atoms with Crippen LogP contribution < -0.4 is 4.74 Å². The van der Waals surface area contributed by atoms with E-state index in [-0.39, 0.29) is 11.5 Å². The van der Waals surface area contributed by atoms with Crippen LogP contribution in [0.15, 0.2) is 27.6 Å². The molecule has 6 heteroatoms. The lowest BCUT2D eigenvalue weighted by Gasteiger charge is -2.16. The summed E-state index contributed by atoms with van der Waals surface area (Å²) in [5.41, 5.74) is 0.548. The lowest BCUT2D eigenvalue weighted by atomic mass is 10.1. The van der Waals surface area contributed by atoms with E-state index in [0.717, 1.165) is 0 Å². The van der Waals surface area contributed by atoms with Gasteiger partial charge in [0.15, 0.2) is 0 Å². The highest BCUT2D eigenvalue weighted by Crippen LogP contribution is 2.34. The minimum Gasteiger partial charge on any atom is -0.486 e. The van der Waals surface area contributed by atoms with Crippen molar-refractivity contribution in [2.45, 2.75) is 0 Å². The molecule has 0 spiro atoms. The van der Waals surface area contributed by atoms with Crippen molar-refractivity contribution in [3.63, 3.8) is 0 Å². The van der Waals surface area contributed by atoms with Crippen molar-refractivity contribution in [1.29, 1.82) is 0 Å². The minimum absolute atomic E-state index is 0.269. The Bertz CT molecular complexity index is 536. The van der Waals surface area contributed by atoms with Gasteiger partial charge in [0.05, 0.1) is 4.47 Å². The van der Waals surface area contributed by atoms with Gasteiger partial charge in [0.1, 0.15) is 17.3 Å². The van der Waals surface area contributed by atoms with E-state index in [9.17, 15) is 12.3 Å². The smallest absolute Gasteiger partial charge is 0.331 e. The number of fused-ring (bicyclic) bond motifs is 1. The summed E-state index contributed by atoms with van der Waals surface area (Å²) in [6.45, 7) is -0.269. The van der Waals surface area contributed by atoms with E-state index in [1.165, 1.54) is 6.08 Å². The van der Waals surface area contributed by atoms with Gasteiger partial charge in [0.25, 0.3) is 0 Å². The summed E-state index contributed by atoms with van der Waals surface area (Å²) < 4.78 is 39.9. The average Bonchev–Trinajstić information content (AvgIpc) is 2.16. The molecular weight excluding hydrogens is 287 g/mol. The first-order valence-electron chi connectivity index (χ1n) is 4.05. The van der Waals surface area contributed by atoms with E-state index >= 15 is 0 Å². The van der Waals surface area contributed by atoms with Crippen LogP contribution in [-0.4, -0.2) is 15.0 Å². The van der Waals surface area contributed by atoms with E-state index in [0.29, 0.717) is 15.8 Å². The monoisotopic (exact) mass is 292 g/mol. The fourth-order valence-electron chi connectivity index (χ4n) is 1.29. The molecule has 1 aromatic carbocycles. The third kappa shape index (κ3) is 2.05. The summed E-state index contributed by atoms with van der Waals surface area (Å²) in [5.74, 6) is 0.532. The largest absolute Gasteiger partial charge is 0.486 e. The van der Waals surface area contributed by atoms with E-state index in [4.69, 9.17) is 4.74 Å². The Morgan fingerprint density at radius 3 is 2.80 bits per heavy atom. The Hall–Kier alpha value is -0.880. The van der Waals surface area contributed by atoms with Crippen molar-refractivity contribution < 1.29 is 17.0 Å². The Balaban J connectivity index is 2.56. The molecule has 0 aromatic heterocycles. The fourth-order valence-corrected chi connectivity index (χ4v) is 2.25. The standard InChI is InChI=1S/C9H6BrFO3S/c10-8-3-1-2-6-4-7(15(11,12)13)5-14-9(6)8/h1-4H,5H2. The van der Waals surface area contributed by atoms with Gasteiger partial charge >= 0.3 is 10.2 Å². The van der Waals surface area contributed by atoms with Crippen LogP contribution in [0.5, 0.6) is 5.75 Å². The van der Waals surface area contributed by atoms with Crippen molar-refractivity contribution >= 4 is 32.2 Å². The lowest BCUT2D eigenvalue weighted by molar-refractivity contribution is 0.350. The van der Waals surface area contributed by atoms with Crippen molar-refractivity contribution in [2.75, 3.05) is 6.61 Å². The van der Waals surface area contributed by atoms with Gasteiger partial charge < -0.3 is 4.74 Å². The molecule has 2 rings (SSSR count). The second kappa shape index (κ2) is 3.61. The molecule has 1 aromatic rings. The first-order chi connectivity index (χ1) is 6.98. The highest BCUT2D eigenvalue weighted by molar-refractivity contribution is 9.10. The van der Waals surface area contributed by atoms with Gasteiger partial charge in [-0.05, 0) is 28.1 Å². The maximum atomic E-state index is 12.7. The summed E-state index contributed by atoms with van der Waals surface area (Å²) in [4.78, 5) is -0.354. The van der Waals surface area contributed by atoms with E-state index in [1.807, 2.05) is 0 Å². The molecular formula is C9H6BrFO3S. The lowest BCUT2D eigenvalue weighted by Crippen LogP contribution is -2.12. The number of hydrogen-bond donors (Lipinski definition) is 0. The molecule has 0 saturated heterocycles. The highest BCUT2D eigenvalue weighted by atomic mass is 79.9. The first-order valence-corrected chi connectivity index (χ1v) is 6.22. The molecule has 0 bridgehead atoms. The number of para-hydroxylation sites is 1. The maximum Gasteiger partial charge on any atom is 0.331 e.